The van der Waals surface area contributed by atoms with Crippen LogP contribution in [-0.4, -0.2) is 19.0 Å². The van der Waals surface area contributed by atoms with Crippen LogP contribution in [0, 0.1) is 5.41 Å². The summed E-state index contributed by atoms with van der Waals surface area (Å²) < 4.78 is 10.9. The van der Waals surface area contributed by atoms with Crippen LogP contribution in [0.25, 0.3) is 0 Å². The monoisotopic (exact) mass is 206 g/mol. The minimum Gasteiger partial charge on any atom is -0.486 e. The molecule has 0 aliphatic carbocycles. The molecule has 1 aliphatic heterocycles. The first kappa shape index (κ1) is 9.83. The third kappa shape index (κ3) is 2.40. The first-order chi connectivity index (χ1) is 7.25. The Morgan fingerprint density at radius 2 is 2.00 bits per heavy atom. The average Bonchev–Trinajstić information content (AvgIpc) is 2.26. The Bertz CT molecular complexity index is 377. The van der Waals surface area contributed by atoms with Crippen molar-refractivity contribution >= 4 is 5.84 Å². The largest absolute Gasteiger partial charge is 0.486 e. The summed E-state index contributed by atoms with van der Waals surface area (Å²) >= 11 is 0. The quantitative estimate of drug-likeness (QED) is 0.579. The number of fused-ring (bicyclic) bond motifs is 1. The number of rotatable bonds is 3. The molecule has 4 heteroatoms. The fourth-order valence-electron chi connectivity index (χ4n) is 1.52. The van der Waals surface area contributed by atoms with E-state index < -0.39 is 0 Å². The van der Waals surface area contributed by atoms with Crippen molar-refractivity contribution in [3.8, 4) is 11.5 Å². The standard InChI is InChI=1S/C11H14N2O2/c12-11(13)4-2-8-1-3-9-10(7-8)15-6-5-14-9/h1,3,7H,2,4-6H2,(H3,12,13). The highest BCUT2D eigenvalue weighted by Crippen LogP contribution is 2.30. The predicted octanol–water partition coefficient (Wildman–Crippen LogP) is 1.33. The molecule has 4 nitrogen and oxygen atoms in total. The van der Waals surface area contributed by atoms with E-state index in [9.17, 15) is 0 Å². The number of nitrogens with two attached hydrogens (primary N) is 1. The molecule has 1 heterocycles. The minimum atomic E-state index is 0.213. The van der Waals surface area contributed by atoms with Crippen molar-refractivity contribution in [1.29, 1.82) is 5.41 Å². The van der Waals surface area contributed by atoms with Gasteiger partial charge in [-0.1, -0.05) is 6.07 Å². The number of hydrogen-bond donors (Lipinski definition) is 2. The lowest BCUT2D eigenvalue weighted by Crippen LogP contribution is -2.15. The second kappa shape index (κ2) is 4.21. The third-order valence-electron chi connectivity index (χ3n) is 2.29. The first-order valence-corrected chi connectivity index (χ1v) is 4.97. The molecule has 1 aromatic rings. The fraction of sp³-hybridized carbons (Fsp3) is 0.364. The summed E-state index contributed by atoms with van der Waals surface area (Å²) in [5.41, 5.74) is 6.43. The number of benzene rings is 1. The van der Waals surface area contributed by atoms with Gasteiger partial charge in [-0.2, -0.15) is 0 Å². The molecule has 0 saturated carbocycles. The van der Waals surface area contributed by atoms with Gasteiger partial charge < -0.3 is 15.2 Å². The van der Waals surface area contributed by atoms with Crippen molar-refractivity contribution in [1.82, 2.24) is 0 Å². The van der Waals surface area contributed by atoms with Gasteiger partial charge >= 0.3 is 0 Å². The van der Waals surface area contributed by atoms with Crippen LogP contribution in [0.15, 0.2) is 18.2 Å². The summed E-state index contributed by atoms with van der Waals surface area (Å²) in [6, 6.07) is 5.85. The topological polar surface area (TPSA) is 68.3 Å². The van der Waals surface area contributed by atoms with E-state index >= 15 is 0 Å². The van der Waals surface area contributed by atoms with Crippen molar-refractivity contribution < 1.29 is 9.47 Å². The van der Waals surface area contributed by atoms with Gasteiger partial charge in [0.25, 0.3) is 0 Å². The number of hydrogen-bond acceptors (Lipinski definition) is 3. The van der Waals surface area contributed by atoms with E-state index in [-0.39, 0.29) is 5.84 Å². The van der Waals surface area contributed by atoms with Crippen molar-refractivity contribution in [2.45, 2.75) is 12.8 Å². The molecule has 1 aliphatic rings. The van der Waals surface area contributed by atoms with Gasteiger partial charge in [-0.15, -0.1) is 0 Å². The molecule has 15 heavy (non-hydrogen) atoms. The minimum absolute atomic E-state index is 0.213. The second-order valence-corrected chi connectivity index (χ2v) is 3.50. The molecule has 0 unspecified atom stereocenters. The third-order valence-corrected chi connectivity index (χ3v) is 2.29. The van der Waals surface area contributed by atoms with E-state index in [0.29, 0.717) is 19.6 Å². The molecule has 0 amide bonds. The van der Waals surface area contributed by atoms with E-state index in [1.165, 1.54) is 0 Å². The van der Waals surface area contributed by atoms with E-state index in [0.717, 1.165) is 23.5 Å². The summed E-state index contributed by atoms with van der Waals surface area (Å²) in [4.78, 5) is 0. The van der Waals surface area contributed by atoms with Gasteiger partial charge in [0.05, 0.1) is 5.84 Å². The van der Waals surface area contributed by atoms with E-state index in [1.807, 2.05) is 18.2 Å². The molecule has 0 atom stereocenters. The molecule has 0 aromatic heterocycles. The molecule has 0 saturated heterocycles. The second-order valence-electron chi connectivity index (χ2n) is 3.50. The lowest BCUT2D eigenvalue weighted by Gasteiger charge is -2.18. The van der Waals surface area contributed by atoms with Gasteiger partial charge in [-0.3, -0.25) is 5.41 Å². The smallest absolute Gasteiger partial charge is 0.161 e. The Morgan fingerprint density at radius 1 is 1.27 bits per heavy atom. The van der Waals surface area contributed by atoms with E-state index in [2.05, 4.69) is 0 Å². The van der Waals surface area contributed by atoms with Crippen LogP contribution >= 0.6 is 0 Å². The van der Waals surface area contributed by atoms with Crippen LogP contribution in [0.5, 0.6) is 11.5 Å². The lowest BCUT2D eigenvalue weighted by atomic mass is 10.1. The van der Waals surface area contributed by atoms with E-state index in [4.69, 9.17) is 20.6 Å². The van der Waals surface area contributed by atoms with Crippen LogP contribution in [-0.2, 0) is 6.42 Å². The zero-order valence-electron chi connectivity index (χ0n) is 8.45. The van der Waals surface area contributed by atoms with Crippen molar-refractivity contribution in [3.63, 3.8) is 0 Å². The van der Waals surface area contributed by atoms with Gasteiger partial charge in [0.2, 0.25) is 0 Å². The number of amidine groups is 1. The molecular weight excluding hydrogens is 192 g/mol. The molecule has 2 rings (SSSR count). The molecule has 0 fully saturated rings. The van der Waals surface area contributed by atoms with Gasteiger partial charge in [0.1, 0.15) is 13.2 Å². The van der Waals surface area contributed by atoms with Gasteiger partial charge in [-0.25, -0.2) is 0 Å². The Balaban J connectivity index is 2.10. The molecule has 1 aromatic carbocycles. The summed E-state index contributed by atoms with van der Waals surface area (Å²) in [5.74, 6) is 1.81. The van der Waals surface area contributed by atoms with Crippen LogP contribution in [0.2, 0.25) is 0 Å². The molecule has 80 valence electrons. The zero-order chi connectivity index (χ0) is 10.7. The highest BCUT2D eigenvalue weighted by Gasteiger charge is 2.11. The summed E-state index contributed by atoms with van der Waals surface area (Å²) in [5, 5.41) is 7.15. The van der Waals surface area contributed by atoms with Crippen LogP contribution in [0.4, 0.5) is 0 Å². The van der Waals surface area contributed by atoms with Gasteiger partial charge in [-0.05, 0) is 24.1 Å². The SMILES string of the molecule is N=C(N)CCc1ccc2c(c1)OCCO2. The normalized spacial score (nSPS) is 13.6. The maximum atomic E-state index is 7.15. The summed E-state index contributed by atoms with van der Waals surface area (Å²) in [6.45, 7) is 1.21. The van der Waals surface area contributed by atoms with Crippen LogP contribution in [0.1, 0.15) is 12.0 Å². The zero-order valence-corrected chi connectivity index (χ0v) is 8.45. The Kier molecular flexibility index (Phi) is 2.76. The number of aryl methyl sites for hydroxylation is 1. The Hall–Kier alpha value is -1.71. The van der Waals surface area contributed by atoms with Crippen molar-refractivity contribution in [2.75, 3.05) is 13.2 Å². The molecule has 0 bridgehead atoms. The van der Waals surface area contributed by atoms with Crippen molar-refractivity contribution in [2.24, 2.45) is 5.73 Å². The maximum absolute atomic E-state index is 7.15. The van der Waals surface area contributed by atoms with E-state index in [1.54, 1.807) is 0 Å². The number of ether oxygens (including phenoxy) is 2. The number of nitrogens with one attached hydrogen (secondary N) is 1. The Morgan fingerprint density at radius 3 is 2.73 bits per heavy atom. The summed E-state index contributed by atoms with van der Waals surface area (Å²) in [7, 11) is 0. The predicted molar refractivity (Wildman–Crippen MR) is 57.7 cm³/mol. The average molecular weight is 206 g/mol. The molecule has 0 radical (unpaired) electrons. The highest BCUT2D eigenvalue weighted by atomic mass is 16.6. The maximum Gasteiger partial charge on any atom is 0.161 e. The van der Waals surface area contributed by atoms with Crippen molar-refractivity contribution in [3.05, 3.63) is 23.8 Å². The highest BCUT2D eigenvalue weighted by molar-refractivity contribution is 5.77. The van der Waals surface area contributed by atoms with Crippen LogP contribution < -0.4 is 15.2 Å². The molecule has 0 spiro atoms. The fourth-order valence-corrected chi connectivity index (χ4v) is 1.52. The Labute approximate surface area is 88.5 Å². The lowest BCUT2D eigenvalue weighted by molar-refractivity contribution is 0.171. The summed E-state index contributed by atoms with van der Waals surface area (Å²) in [6.07, 6.45) is 1.35. The first-order valence-electron chi connectivity index (χ1n) is 4.97. The molecule has 3 N–H and O–H groups in total. The molecular formula is C11H14N2O2. The van der Waals surface area contributed by atoms with Crippen LogP contribution in [0.3, 0.4) is 0 Å². The van der Waals surface area contributed by atoms with Gasteiger partial charge in [0.15, 0.2) is 11.5 Å². The van der Waals surface area contributed by atoms with Gasteiger partial charge in [0, 0.05) is 6.42 Å².